The Morgan fingerprint density at radius 3 is 2.38 bits per heavy atom. The zero-order valence-corrected chi connectivity index (χ0v) is 15.0. The molecule has 0 aromatic heterocycles. The molecule has 1 atom stereocenters. The zero-order valence-electron chi connectivity index (χ0n) is 14.3. The van der Waals surface area contributed by atoms with Gasteiger partial charge in [0, 0.05) is 10.6 Å². The predicted octanol–water partition coefficient (Wildman–Crippen LogP) is 5.10. The first kappa shape index (κ1) is 18.5. The van der Waals surface area contributed by atoms with Gasteiger partial charge in [0.15, 0.2) is 0 Å². The normalized spacial score (nSPS) is 12.2. The number of nitrogens with one attached hydrogen (secondary N) is 1. The van der Waals surface area contributed by atoms with Crippen molar-refractivity contribution in [3.05, 3.63) is 70.0 Å². The van der Waals surface area contributed by atoms with Crippen molar-refractivity contribution in [3.63, 3.8) is 0 Å². The summed E-state index contributed by atoms with van der Waals surface area (Å²) in [6, 6.07) is 12.5. The van der Waals surface area contributed by atoms with Crippen LogP contribution < -0.4 is 5.32 Å². The van der Waals surface area contributed by atoms with E-state index < -0.39 is 5.82 Å². The highest BCUT2D eigenvalue weighted by atomic mass is 35.5. The zero-order chi connectivity index (χ0) is 17.7. The first-order valence-electron chi connectivity index (χ1n) is 8.18. The van der Waals surface area contributed by atoms with Gasteiger partial charge < -0.3 is 5.32 Å². The first-order chi connectivity index (χ1) is 11.4. The third-order valence-electron chi connectivity index (χ3n) is 3.90. The van der Waals surface area contributed by atoms with Gasteiger partial charge in [0.25, 0.3) is 0 Å². The van der Waals surface area contributed by atoms with Crippen molar-refractivity contribution in [1.82, 2.24) is 5.32 Å². The lowest BCUT2D eigenvalue weighted by Crippen LogP contribution is -2.28. The van der Waals surface area contributed by atoms with Gasteiger partial charge in [-0.05, 0) is 42.5 Å². The minimum atomic E-state index is -0.455. The number of amides is 1. The largest absolute Gasteiger partial charge is 0.349 e. The van der Waals surface area contributed by atoms with Crippen molar-refractivity contribution >= 4 is 17.5 Å². The second-order valence-electron chi connectivity index (χ2n) is 6.51. The van der Waals surface area contributed by atoms with E-state index in [4.69, 9.17) is 11.6 Å². The van der Waals surface area contributed by atoms with Crippen LogP contribution in [0.1, 0.15) is 43.5 Å². The summed E-state index contributed by atoms with van der Waals surface area (Å²) in [6.45, 7) is 6.29. The van der Waals surface area contributed by atoms with E-state index in [1.807, 2.05) is 19.1 Å². The molecule has 0 aliphatic heterocycles. The van der Waals surface area contributed by atoms with E-state index in [1.54, 1.807) is 6.07 Å². The molecule has 0 saturated carbocycles. The summed E-state index contributed by atoms with van der Waals surface area (Å²) in [5.41, 5.74) is 2.54. The monoisotopic (exact) mass is 347 g/mol. The number of halogens is 2. The lowest BCUT2D eigenvalue weighted by Gasteiger charge is -2.16. The Hall–Kier alpha value is -1.87. The van der Waals surface area contributed by atoms with E-state index in [-0.39, 0.29) is 29.0 Å². The summed E-state index contributed by atoms with van der Waals surface area (Å²) in [6.07, 6.45) is 0.966. The van der Waals surface area contributed by atoms with Crippen LogP contribution in [0.2, 0.25) is 5.02 Å². The quantitative estimate of drug-likeness (QED) is 0.774. The van der Waals surface area contributed by atoms with E-state index in [2.05, 4.69) is 31.3 Å². The first-order valence-corrected chi connectivity index (χ1v) is 8.55. The maximum atomic E-state index is 13.8. The van der Waals surface area contributed by atoms with Crippen molar-refractivity contribution < 1.29 is 9.18 Å². The van der Waals surface area contributed by atoms with Gasteiger partial charge in [0.05, 0.1) is 12.5 Å². The average molecular weight is 348 g/mol. The van der Waals surface area contributed by atoms with Gasteiger partial charge in [-0.25, -0.2) is 4.39 Å². The topological polar surface area (TPSA) is 29.1 Å². The average Bonchev–Trinajstić information content (AvgIpc) is 2.51. The molecular formula is C20H23ClFNO. The molecule has 0 aliphatic carbocycles. The Morgan fingerprint density at radius 2 is 1.79 bits per heavy atom. The van der Waals surface area contributed by atoms with Gasteiger partial charge >= 0.3 is 0 Å². The summed E-state index contributed by atoms with van der Waals surface area (Å²) in [7, 11) is 0. The molecule has 128 valence electrons. The van der Waals surface area contributed by atoms with Crippen molar-refractivity contribution in [2.75, 3.05) is 0 Å². The lowest BCUT2D eigenvalue weighted by molar-refractivity contribution is -0.121. The molecule has 2 rings (SSSR count). The maximum Gasteiger partial charge on any atom is 0.225 e. The molecule has 0 aliphatic rings. The van der Waals surface area contributed by atoms with Crippen LogP contribution in [0, 0.1) is 11.7 Å². The van der Waals surface area contributed by atoms with E-state index in [1.165, 1.54) is 17.7 Å². The number of rotatable bonds is 6. The Balaban J connectivity index is 1.98. The molecule has 1 N–H and O–H groups in total. The Bertz CT molecular complexity index is 677. The smallest absolute Gasteiger partial charge is 0.225 e. The second-order valence-corrected chi connectivity index (χ2v) is 6.91. The highest BCUT2D eigenvalue weighted by molar-refractivity contribution is 6.31. The van der Waals surface area contributed by atoms with Gasteiger partial charge in [0.2, 0.25) is 5.91 Å². The van der Waals surface area contributed by atoms with Crippen LogP contribution in [-0.4, -0.2) is 5.91 Å². The SMILES string of the molecule is CC(C)Cc1ccc([C@H](C)NC(=O)Cc2c(F)cccc2Cl)cc1. The molecule has 24 heavy (non-hydrogen) atoms. The summed E-state index contributed by atoms with van der Waals surface area (Å²) >= 11 is 5.97. The van der Waals surface area contributed by atoms with Crippen molar-refractivity contribution in [2.24, 2.45) is 5.92 Å². The Kier molecular flexibility index (Phi) is 6.38. The van der Waals surface area contributed by atoms with Crippen LogP contribution in [0.15, 0.2) is 42.5 Å². The number of hydrogen-bond donors (Lipinski definition) is 1. The second kappa shape index (κ2) is 8.29. The standard InChI is InChI=1S/C20H23ClFNO/c1-13(2)11-15-7-9-16(10-8-15)14(3)23-20(24)12-17-18(21)5-4-6-19(17)22/h4-10,13-14H,11-12H2,1-3H3,(H,23,24)/t14-/m0/s1. The minimum Gasteiger partial charge on any atom is -0.349 e. The summed E-state index contributed by atoms with van der Waals surface area (Å²) in [4.78, 5) is 12.2. The molecule has 0 radical (unpaired) electrons. The van der Waals surface area contributed by atoms with Gasteiger partial charge in [-0.1, -0.05) is 55.8 Å². The van der Waals surface area contributed by atoms with Crippen molar-refractivity contribution in [1.29, 1.82) is 0 Å². The van der Waals surface area contributed by atoms with E-state index in [9.17, 15) is 9.18 Å². The highest BCUT2D eigenvalue weighted by Crippen LogP contribution is 2.20. The predicted molar refractivity (Wildman–Crippen MR) is 96.7 cm³/mol. The Labute approximate surface area is 148 Å². The molecule has 0 unspecified atom stereocenters. The van der Waals surface area contributed by atoms with Crippen LogP contribution in [-0.2, 0) is 17.6 Å². The molecule has 1 amide bonds. The Morgan fingerprint density at radius 1 is 1.12 bits per heavy atom. The molecule has 0 saturated heterocycles. The van der Waals surface area contributed by atoms with Crippen LogP contribution in [0.5, 0.6) is 0 Å². The summed E-state index contributed by atoms with van der Waals surface area (Å²) in [5, 5.41) is 3.17. The highest BCUT2D eigenvalue weighted by Gasteiger charge is 2.14. The van der Waals surface area contributed by atoms with Gasteiger partial charge in [-0.2, -0.15) is 0 Å². The van der Waals surface area contributed by atoms with Crippen LogP contribution in [0.25, 0.3) is 0 Å². The van der Waals surface area contributed by atoms with Crippen LogP contribution >= 0.6 is 11.6 Å². The fraction of sp³-hybridized carbons (Fsp3) is 0.350. The van der Waals surface area contributed by atoms with Crippen molar-refractivity contribution in [3.8, 4) is 0 Å². The fourth-order valence-corrected chi connectivity index (χ4v) is 2.88. The van der Waals surface area contributed by atoms with Gasteiger partial charge in [-0.15, -0.1) is 0 Å². The number of benzene rings is 2. The van der Waals surface area contributed by atoms with E-state index in [0.29, 0.717) is 5.92 Å². The number of carbonyl (C=O) groups excluding carboxylic acids is 1. The number of hydrogen-bond acceptors (Lipinski definition) is 1. The van der Waals surface area contributed by atoms with Crippen LogP contribution in [0.3, 0.4) is 0 Å². The summed E-state index contributed by atoms with van der Waals surface area (Å²) in [5.74, 6) is -0.0948. The summed E-state index contributed by atoms with van der Waals surface area (Å²) < 4.78 is 13.8. The molecule has 0 spiro atoms. The molecule has 4 heteroatoms. The molecular weight excluding hydrogens is 325 g/mol. The molecule has 2 aromatic carbocycles. The maximum absolute atomic E-state index is 13.8. The molecule has 0 bridgehead atoms. The molecule has 2 nitrogen and oxygen atoms in total. The minimum absolute atomic E-state index is 0.0682. The van der Waals surface area contributed by atoms with E-state index in [0.717, 1.165) is 12.0 Å². The van der Waals surface area contributed by atoms with Gasteiger partial charge in [-0.3, -0.25) is 4.79 Å². The third-order valence-corrected chi connectivity index (χ3v) is 4.25. The molecule has 0 heterocycles. The van der Waals surface area contributed by atoms with Gasteiger partial charge in [0.1, 0.15) is 5.82 Å². The van der Waals surface area contributed by atoms with Crippen LogP contribution in [0.4, 0.5) is 4.39 Å². The van der Waals surface area contributed by atoms with Crippen molar-refractivity contribution in [2.45, 2.75) is 39.7 Å². The number of carbonyl (C=O) groups is 1. The van der Waals surface area contributed by atoms with E-state index >= 15 is 0 Å². The molecule has 2 aromatic rings. The third kappa shape index (κ3) is 5.07. The fourth-order valence-electron chi connectivity index (χ4n) is 2.65. The molecule has 0 fully saturated rings. The lowest BCUT2D eigenvalue weighted by atomic mass is 10.00.